The van der Waals surface area contributed by atoms with Gasteiger partial charge in [-0.1, -0.05) is 22.6 Å². The van der Waals surface area contributed by atoms with E-state index >= 15 is 0 Å². The fraction of sp³-hybridized carbons (Fsp3) is 0.150. The van der Waals surface area contributed by atoms with Crippen molar-refractivity contribution in [2.75, 3.05) is 6.54 Å². The van der Waals surface area contributed by atoms with E-state index < -0.39 is 24.2 Å². The van der Waals surface area contributed by atoms with E-state index in [2.05, 4.69) is 16.8 Å². The minimum Gasteiger partial charge on any atom is -0.872 e. The van der Waals surface area contributed by atoms with Gasteiger partial charge in [0.1, 0.15) is 17.5 Å². The quantitative estimate of drug-likeness (QED) is 0.218. The zero-order chi connectivity index (χ0) is 22.0. The minimum atomic E-state index is -1.58. The van der Waals surface area contributed by atoms with Gasteiger partial charge in [-0.2, -0.15) is 0 Å². The molecule has 1 N–H and O–H groups in total. The third kappa shape index (κ3) is 4.72. The van der Waals surface area contributed by atoms with Crippen LogP contribution in [0.1, 0.15) is 10.4 Å². The smallest absolute Gasteiger partial charge is 0.872 e. The summed E-state index contributed by atoms with van der Waals surface area (Å²) in [6, 6.07) is 9.33. The Bertz CT molecular complexity index is 1340. The van der Waals surface area contributed by atoms with Gasteiger partial charge in [-0.25, -0.2) is 0 Å². The number of carbonyl (C=O) groups excluding carboxylic acids is 1. The normalized spacial score (nSPS) is 11.9. The number of aliphatic carboxylic acids is 1. The molecule has 0 radical (unpaired) electrons. The molecular weight excluding hydrogens is 449 g/mol. The Labute approximate surface area is 186 Å². The number of nitrogens with zero attached hydrogens (tertiary/aromatic N) is 5. The van der Waals surface area contributed by atoms with Crippen LogP contribution in [0.15, 0.2) is 52.7 Å². The van der Waals surface area contributed by atoms with Crippen LogP contribution in [-0.2, 0) is 35.4 Å². The second kappa shape index (κ2) is 9.40. The number of benzene rings is 1. The number of hydrogen-bond acceptors (Lipinski definition) is 6. The van der Waals surface area contributed by atoms with Crippen molar-refractivity contribution in [2.24, 2.45) is 24.2 Å². The number of carboxylic acid groups (broad SMARTS) is 2. The predicted molar refractivity (Wildman–Crippen MR) is 103 cm³/mol. The number of pyridine rings is 2. The maximum Gasteiger partial charge on any atom is 2.00 e. The Balaban J connectivity index is 0.00000341. The van der Waals surface area contributed by atoms with Crippen molar-refractivity contribution in [1.82, 2.24) is 9.13 Å². The third-order valence-corrected chi connectivity index (χ3v) is 4.45. The van der Waals surface area contributed by atoms with Crippen molar-refractivity contribution in [3.8, 4) is 5.75 Å². The van der Waals surface area contributed by atoms with Crippen LogP contribution in [0.2, 0.25) is 0 Å². The van der Waals surface area contributed by atoms with Gasteiger partial charge in [0.2, 0.25) is 5.49 Å². The molecule has 162 valence electrons. The Morgan fingerprint density at radius 1 is 1.23 bits per heavy atom. The summed E-state index contributed by atoms with van der Waals surface area (Å²) in [5, 5.41) is 37.5. The van der Waals surface area contributed by atoms with Crippen LogP contribution in [0.25, 0.3) is 10.9 Å². The molecule has 0 spiro atoms. The van der Waals surface area contributed by atoms with Gasteiger partial charge in [-0.05, 0) is 23.6 Å². The van der Waals surface area contributed by atoms with Gasteiger partial charge in [0, 0.05) is 37.0 Å². The monoisotopic (exact) mass is 466 g/mol. The molecule has 1 aromatic carbocycles. The number of aromatic carboxylic acids is 1. The number of rotatable bonds is 5. The maximum absolute atomic E-state index is 12.4. The molecule has 0 amide bonds. The second-order valence-corrected chi connectivity index (χ2v) is 6.45. The third-order valence-electron chi connectivity index (χ3n) is 4.45. The van der Waals surface area contributed by atoms with Crippen molar-refractivity contribution >= 4 is 35.2 Å². The van der Waals surface area contributed by atoms with Gasteiger partial charge >= 0.3 is 22.5 Å². The number of carbonyl (C=O) groups is 2. The Hall–Kier alpha value is -3.72. The molecule has 0 saturated carbocycles. The molecule has 3 aromatic rings. The van der Waals surface area contributed by atoms with E-state index in [0.29, 0.717) is 16.7 Å². The summed E-state index contributed by atoms with van der Waals surface area (Å²) in [6.45, 7) is 3.26. The minimum absolute atomic E-state index is 0. The Morgan fingerprint density at radius 2 is 1.94 bits per heavy atom. The zero-order valence-corrected chi connectivity index (χ0v) is 17.6. The summed E-state index contributed by atoms with van der Waals surface area (Å²) in [4.78, 5) is 26.4. The maximum atomic E-state index is 12.4. The fourth-order valence-electron chi connectivity index (χ4n) is 3.05. The summed E-state index contributed by atoms with van der Waals surface area (Å²) in [7, 11) is 3.29. The first-order valence-corrected chi connectivity index (χ1v) is 8.75. The van der Waals surface area contributed by atoms with Crippen LogP contribution in [0.4, 0.5) is 5.69 Å². The first-order chi connectivity index (χ1) is 14.2. The van der Waals surface area contributed by atoms with Gasteiger partial charge in [0.15, 0.2) is 6.72 Å². The summed E-state index contributed by atoms with van der Waals surface area (Å²) in [5.74, 6) is -3.23. The second-order valence-electron chi connectivity index (χ2n) is 6.45. The molecule has 0 aliphatic heterocycles. The zero-order valence-electron chi connectivity index (χ0n) is 16.6. The van der Waals surface area contributed by atoms with E-state index in [1.807, 2.05) is 6.07 Å². The van der Waals surface area contributed by atoms with E-state index in [-0.39, 0.29) is 32.9 Å². The molecule has 0 bridgehead atoms. The van der Waals surface area contributed by atoms with Crippen LogP contribution in [-0.4, -0.2) is 44.1 Å². The van der Waals surface area contributed by atoms with Crippen LogP contribution in [0.5, 0.6) is 5.75 Å². The molecular formula is C20H18N5NiO5+. The van der Waals surface area contributed by atoms with E-state index in [1.165, 1.54) is 28.4 Å². The number of aryl methyl sites for hydroxylation is 2. The van der Waals surface area contributed by atoms with E-state index in [0.717, 1.165) is 6.07 Å². The molecule has 2 heterocycles. The van der Waals surface area contributed by atoms with E-state index in [9.17, 15) is 19.8 Å². The van der Waals surface area contributed by atoms with Crippen molar-refractivity contribution < 1.29 is 46.1 Å². The van der Waals surface area contributed by atoms with Gasteiger partial charge in [0.25, 0.3) is 5.69 Å². The number of carboxylic acids is 2. The predicted octanol–water partition coefficient (Wildman–Crippen LogP) is -1.20. The van der Waals surface area contributed by atoms with Crippen LogP contribution in [0.3, 0.4) is 0 Å². The first kappa shape index (κ1) is 23.6. The molecule has 0 saturated heterocycles. The van der Waals surface area contributed by atoms with Crippen molar-refractivity contribution in [3.63, 3.8) is 0 Å². The number of aromatic nitrogens is 2. The Kier molecular flexibility index (Phi) is 7.14. The molecule has 2 aromatic heterocycles. The topological polar surface area (TPSA) is 138 Å². The molecule has 3 rings (SSSR count). The average Bonchev–Trinajstić information content (AvgIpc) is 2.69. The molecule has 31 heavy (non-hydrogen) atoms. The van der Waals surface area contributed by atoms with Gasteiger partial charge in [-0.3, -0.25) is 9.79 Å². The standard InChI is InChI=1S/C20H19N5O5.Ni/c1-23-9-5-4-6-16(23)22-25(3)14-7-8-15(26)12-10-13(20(29)30)19(21-11-17(27)28)24(2)18(12)14;/h4-10H,3,11H2,1-2H3,(H2-,21,26,27,28,29,30);/q;+2/p-1/b22-16-;. The van der Waals surface area contributed by atoms with Crippen LogP contribution in [0, 0.1) is 0 Å². The van der Waals surface area contributed by atoms with Gasteiger partial charge in [0.05, 0.1) is 5.97 Å². The summed E-state index contributed by atoms with van der Waals surface area (Å²) in [5.41, 5.74) is 0.746. The van der Waals surface area contributed by atoms with E-state index in [1.54, 1.807) is 29.9 Å². The largest absolute Gasteiger partial charge is 2.00 e. The molecule has 0 unspecified atom stereocenters. The summed E-state index contributed by atoms with van der Waals surface area (Å²) < 4.78 is 4.40. The van der Waals surface area contributed by atoms with Crippen molar-refractivity contribution in [2.45, 2.75) is 0 Å². The average molecular weight is 467 g/mol. The van der Waals surface area contributed by atoms with Crippen LogP contribution >= 0.6 is 0 Å². The van der Waals surface area contributed by atoms with E-state index in [4.69, 9.17) is 5.11 Å². The van der Waals surface area contributed by atoms with Gasteiger partial charge < -0.3 is 29.2 Å². The van der Waals surface area contributed by atoms with Crippen molar-refractivity contribution in [1.29, 1.82) is 0 Å². The first-order valence-electron chi connectivity index (χ1n) is 8.75. The molecule has 0 aliphatic carbocycles. The fourth-order valence-corrected chi connectivity index (χ4v) is 3.05. The number of fused-ring (bicyclic) bond motifs is 1. The molecule has 10 nitrogen and oxygen atoms in total. The number of hydrogen-bond donors (Lipinski definition) is 1. The Morgan fingerprint density at radius 3 is 2.55 bits per heavy atom. The molecule has 0 fully saturated rings. The summed E-state index contributed by atoms with van der Waals surface area (Å²) in [6.07, 6.45) is 1.81. The molecule has 11 heteroatoms. The SMILES string of the molecule is C=[N+](/N=c1/ccccn1C)c1ccc([O-])c2cc(C(=O)[O-])c(=NCC(=O)O)n(C)c12.[Ni+2]. The van der Waals surface area contributed by atoms with Gasteiger partial charge in [-0.15, -0.1) is 0 Å². The molecule has 0 aliphatic rings. The molecule has 0 atom stereocenters. The van der Waals surface area contributed by atoms with Crippen molar-refractivity contribution in [3.05, 3.63) is 59.1 Å². The van der Waals surface area contributed by atoms with Crippen LogP contribution < -0.4 is 21.2 Å². The summed E-state index contributed by atoms with van der Waals surface area (Å²) >= 11 is 0.